The van der Waals surface area contributed by atoms with E-state index in [2.05, 4.69) is 424 Å². The predicted molar refractivity (Wildman–Crippen MR) is 450 cm³/mol. The molecule has 3 aliphatic rings. The topological polar surface area (TPSA) is 8.17 Å². The monoisotopic (exact) mass is 1360 g/mol. The zero-order valence-electron chi connectivity index (χ0n) is 59.7. The van der Waals surface area contributed by atoms with Crippen molar-refractivity contribution < 1.29 is 0 Å². The second-order valence-electron chi connectivity index (χ2n) is 29.4. The molecular weight excluding hydrogens is 1290 g/mol. The largest absolute Gasteiger partial charge is 0.310 e. The molecule has 0 saturated heterocycles. The van der Waals surface area contributed by atoms with Gasteiger partial charge in [-0.2, -0.15) is 0 Å². The summed E-state index contributed by atoms with van der Waals surface area (Å²) in [7, 11) is 0. The van der Waals surface area contributed by atoms with Crippen LogP contribution in [0.25, 0.3) is 118 Å². The zero-order valence-corrected chi connectivity index (χ0v) is 59.7. The molecule has 0 fully saturated rings. The van der Waals surface area contributed by atoms with Gasteiger partial charge in [0.2, 0.25) is 0 Å². The molecule has 0 spiro atoms. The first-order valence-corrected chi connectivity index (χ1v) is 37.4. The Labute approximate surface area is 626 Å². The van der Waals surface area contributed by atoms with Crippen LogP contribution in [0, 0.1) is 0 Å². The molecule has 20 rings (SSSR count). The van der Waals surface area contributed by atoms with Gasteiger partial charge in [-0.15, -0.1) is 0 Å². The number of allylic oxidation sites excluding steroid dienone is 1. The minimum absolute atomic E-state index is 0.248. The SMILES string of the molecule is CC1(C)c2cc(/C(=C\c3ccccc3)Cc3ccc(-c4ccc(-n5c6ccccc6c6ccccc65)cc4)cc3)ccc2-c2ccc(-c3cccc4c3-c3ccccc3/C4=C/c3ccc(-c4ccc(N(c5ccccc5)c5ccc6c(c5)C(c5ccccc5)(c5ccccc5)c5ccccc5-6)cc4)cc3)cc21. The third kappa shape index (κ3) is 10.6. The van der Waals surface area contributed by atoms with Gasteiger partial charge in [-0.1, -0.05) is 335 Å². The van der Waals surface area contributed by atoms with Gasteiger partial charge in [-0.25, -0.2) is 0 Å². The van der Waals surface area contributed by atoms with E-state index in [0.717, 1.165) is 40.3 Å². The van der Waals surface area contributed by atoms with Crippen LogP contribution in [0.5, 0.6) is 0 Å². The number of aromatic nitrogens is 1. The number of rotatable bonds is 14. The fourth-order valence-electron chi connectivity index (χ4n) is 18.0. The third-order valence-electron chi connectivity index (χ3n) is 23.1. The fraction of sp³-hybridized carbons (Fsp3) is 0.0476. The van der Waals surface area contributed by atoms with E-state index in [0.29, 0.717) is 0 Å². The highest BCUT2D eigenvalue weighted by atomic mass is 15.1. The minimum atomic E-state index is -0.506. The van der Waals surface area contributed by atoms with Crippen LogP contribution in [-0.2, 0) is 17.3 Å². The highest BCUT2D eigenvalue weighted by Crippen LogP contribution is 2.58. The van der Waals surface area contributed by atoms with Crippen LogP contribution in [0.3, 0.4) is 0 Å². The Morgan fingerprint density at radius 2 is 0.785 bits per heavy atom. The first-order chi connectivity index (χ1) is 52.8. The number of anilines is 3. The molecule has 3 aliphatic carbocycles. The molecule has 1 aromatic heterocycles. The van der Waals surface area contributed by atoms with E-state index in [-0.39, 0.29) is 5.41 Å². The number of para-hydroxylation sites is 3. The van der Waals surface area contributed by atoms with Crippen molar-refractivity contribution in [1.29, 1.82) is 0 Å². The maximum atomic E-state index is 2.49. The number of hydrogen-bond donors (Lipinski definition) is 0. The maximum Gasteiger partial charge on any atom is 0.0714 e. The molecule has 0 saturated carbocycles. The Morgan fingerprint density at radius 1 is 0.318 bits per heavy atom. The second-order valence-corrected chi connectivity index (χ2v) is 29.4. The van der Waals surface area contributed by atoms with Gasteiger partial charge in [0, 0.05) is 38.9 Å². The molecule has 0 aliphatic heterocycles. The molecule has 0 N–H and O–H groups in total. The highest BCUT2D eigenvalue weighted by molar-refractivity contribution is 6.11. The Balaban J connectivity index is 0.574. The first kappa shape index (κ1) is 63.3. The molecule has 0 amide bonds. The predicted octanol–water partition coefficient (Wildman–Crippen LogP) is 27.3. The molecule has 2 nitrogen and oxygen atoms in total. The normalized spacial score (nSPS) is 13.8. The van der Waals surface area contributed by atoms with Crippen molar-refractivity contribution in [3.05, 3.63) is 455 Å². The fourth-order valence-corrected chi connectivity index (χ4v) is 18.0. The lowest BCUT2D eigenvalue weighted by atomic mass is 9.67. The smallest absolute Gasteiger partial charge is 0.0714 e. The Bertz CT molecular complexity index is 6260. The zero-order chi connectivity index (χ0) is 71.2. The number of nitrogens with zero attached hydrogens (tertiary/aromatic N) is 2. The molecule has 0 unspecified atom stereocenters. The Morgan fingerprint density at radius 3 is 1.45 bits per heavy atom. The van der Waals surface area contributed by atoms with Crippen LogP contribution >= 0.6 is 0 Å². The van der Waals surface area contributed by atoms with E-state index < -0.39 is 5.41 Å². The van der Waals surface area contributed by atoms with Crippen LogP contribution in [0.1, 0.15) is 80.6 Å². The van der Waals surface area contributed by atoms with Crippen molar-refractivity contribution >= 4 is 62.2 Å². The summed E-state index contributed by atoms with van der Waals surface area (Å²) in [5.74, 6) is 0. The van der Waals surface area contributed by atoms with Crippen LogP contribution in [0.15, 0.2) is 388 Å². The molecule has 504 valence electrons. The standard InChI is InChI=1S/C105H74N2/c1-104(2)98-67-77(79(64-70-24-7-3-8-25-70)65-71-42-46-73(47-43-71)76-52-58-84(59-53-76)107-101-40-21-18-34-92(101)93-35-19-22-41-102(93)107)54-61-89(98)90-62-55-78(68-99(90)104)86-37-23-38-95-96(87-32-15-16-36-94(87)103(86)95)66-72-44-48-74(49-45-72)75-50-56-83(57-51-75)106(82-30-13-6-14-31-82)85-60-63-91-88-33-17-20-39-97(88)105(100(91)69-85,80-26-9-4-10-27-80)81-28-11-5-12-29-81/h3-64,66-69H,65H2,1-2H3/b79-64-,96-66-. The average molecular weight is 1360 g/mol. The molecule has 2 heteroatoms. The van der Waals surface area contributed by atoms with Crippen molar-refractivity contribution in [3.8, 4) is 72.4 Å². The van der Waals surface area contributed by atoms with Gasteiger partial charge in [0.1, 0.15) is 0 Å². The molecule has 0 bridgehead atoms. The van der Waals surface area contributed by atoms with Crippen LogP contribution in [0.2, 0.25) is 0 Å². The lowest BCUT2D eigenvalue weighted by Gasteiger charge is -2.35. The number of benzene rings is 16. The number of fused-ring (bicyclic) bond motifs is 12. The van der Waals surface area contributed by atoms with Gasteiger partial charge in [-0.05, 0) is 230 Å². The van der Waals surface area contributed by atoms with Gasteiger partial charge in [0.05, 0.1) is 16.4 Å². The molecule has 16 aromatic carbocycles. The maximum absolute atomic E-state index is 2.49. The van der Waals surface area contributed by atoms with Crippen molar-refractivity contribution in [3.63, 3.8) is 0 Å². The molecule has 107 heavy (non-hydrogen) atoms. The summed E-state index contributed by atoms with van der Waals surface area (Å²) >= 11 is 0. The van der Waals surface area contributed by atoms with Gasteiger partial charge in [0.15, 0.2) is 0 Å². The third-order valence-corrected chi connectivity index (χ3v) is 23.1. The van der Waals surface area contributed by atoms with E-state index in [9.17, 15) is 0 Å². The summed E-state index contributed by atoms with van der Waals surface area (Å²) < 4.78 is 2.38. The Kier molecular flexibility index (Phi) is 15.3. The molecule has 17 aromatic rings. The van der Waals surface area contributed by atoms with E-state index in [1.807, 2.05) is 0 Å². The lowest BCUT2D eigenvalue weighted by Crippen LogP contribution is -2.28. The van der Waals surface area contributed by atoms with Gasteiger partial charge >= 0.3 is 0 Å². The van der Waals surface area contributed by atoms with Crippen molar-refractivity contribution in [2.24, 2.45) is 0 Å². The summed E-state index contributed by atoms with van der Waals surface area (Å²) in [6, 6.07) is 144. The second kappa shape index (κ2) is 25.8. The minimum Gasteiger partial charge on any atom is -0.310 e. The van der Waals surface area contributed by atoms with Gasteiger partial charge < -0.3 is 9.47 Å². The average Bonchev–Trinajstić information content (AvgIpc) is 1.55. The van der Waals surface area contributed by atoms with E-state index in [1.165, 1.54) is 155 Å². The first-order valence-electron chi connectivity index (χ1n) is 37.4. The lowest BCUT2D eigenvalue weighted by molar-refractivity contribution is 0.660. The number of hydrogen-bond acceptors (Lipinski definition) is 1. The van der Waals surface area contributed by atoms with Crippen molar-refractivity contribution in [1.82, 2.24) is 4.57 Å². The summed E-state index contributed by atoms with van der Waals surface area (Å²) in [6.07, 6.45) is 5.58. The van der Waals surface area contributed by atoms with Gasteiger partial charge in [0.25, 0.3) is 0 Å². The van der Waals surface area contributed by atoms with Crippen LogP contribution in [-0.4, -0.2) is 4.57 Å². The molecule has 1 heterocycles. The summed E-state index contributed by atoms with van der Waals surface area (Å²) in [4.78, 5) is 2.40. The van der Waals surface area contributed by atoms with Crippen LogP contribution < -0.4 is 4.90 Å². The van der Waals surface area contributed by atoms with E-state index in [1.54, 1.807) is 0 Å². The summed E-state index contributed by atoms with van der Waals surface area (Å²) in [5.41, 5.74) is 38.9. The molecule has 0 atom stereocenters. The highest BCUT2D eigenvalue weighted by Gasteiger charge is 2.46. The quantitative estimate of drug-likeness (QED) is 0.0985. The Hall–Kier alpha value is -13.4. The van der Waals surface area contributed by atoms with E-state index >= 15 is 0 Å². The van der Waals surface area contributed by atoms with Crippen molar-refractivity contribution in [2.75, 3.05) is 4.90 Å². The summed E-state index contributed by atoms with van der Waals surface area (Å²) in [5, 5.41) is 2.55. The molecular formula is C105H74N2. The van der Waals surface area contributed by atoms with Gasteiger partial charge in [-0.3, -0.25) is 0 Å². The van der Waals surface area contributed by atoms with Crippen LogP contribution in [0.4, 0.5) is 17.1 Å². The van der Waals surface area contributed by atoms with E-state index in [4.69, 9.17) is 0 Å². The van der Waals surface area contributed by atoms with Crippen molar-refractivity contribution in [2.45, 2.75) is 31.1 Å². The summed E-state index contributed by atoms with van der Waals surface area (Å²) in [6.45, 7) is 4.84. The molecule has 0 radical (unpaired) electrons.